The van der Waals surface area contributed by atoms with Crippen LogP contribution in [0.1, 0.15) is 21.5 Å². The van der Waals surface area contributed by atoms with E-state index in [1.165, 1.54) is 45.7 Å². The van der Waals surface area contributed by atoms with E-state index in [9.17, 15) is 19.4 Å². The minimum atomic E-state index is -0.882. The van der Waals surface area contributed by atoms with Gasteiger partial charge in [-0.05, 0) is 53.6 Å². The molecule has 3 N–H and O–H groups in total. The molecular formula is C26H23ClFNO6. The first-order valence-corrected chi connectivity index (χ1v) is 10.6. The Morgan fingerprint density at radius 1 is 0.914 bits per heavy atom. The predicted molar refractivity (Wildman–Crippen MR) is 133 cm³/mol. The van der Waals surface area contributed by atoms with Gasteiger partial charge in [-0.25, -0.2) is 4.39 Å². The first-order valence-electron chi connectivity index (χ1n) is 10.2. The summed E-state index contributed by atoms with van der Waals surface area (Å²) in [5.41, 5.74) is 1.93. The Bertz CT molecular complexity index is 1310. The summed E-state index contributed by atoms with van der Waals surface area (Å²) in [5.74, 6) is -0.967. The van der Waals surface area contributed by atoms with Gasteiger partial charge >= 0.3 is 0 Å². The van der Waals surface area contributed by atoms with Gasteiger partial charge in [-0.1, -0.05) is 23.8 Å². The van der Waals surface area contributed by atoms with E-state index < -0.39 is 17.3 Å². The summed E-state index contributed by atoms with van der Waals surface area (Å²) >= 11 is 6.37. The second-order valence-electron chi connectivity index (χ2n) is 7.20. The van der Waals surface area contributed by atoms with Crippen LogP contribution >= 0.6 is 11.6 Å². The highest BCUT2D eigenvalue weighted by Crippen LogP contribution is 2.38. The van der Waals surface area contributed by atoms with Gasteiger partial charge in [-0.15, -0.1) is 0 Å². The number of allylic oxidation sites excluding steroid dienone is 1. The second-order valence-corrected chi connectivity index (χ2v) is 7.61. The van der Waals surface area contributed by atoms with Gasteiger partial charge in [0.15, 0.2) is 34.6 Å². The molecule has 0 radical (unpaired) electrons. The minimum absolute atomic E-state index is 0.0649. The number of benzene rings is 3. The van der Waals surface area contributed by atoms with Gasteiger partial charge in [0, 0.05) is 17.8 Å². The lowest BCUT2D eigenvalue weighted by Gasteiger charge is -2.12. The van der Waals surface area contributed by atoms with E-state index in [2.05, 4.69) is 5.32 Å². The van der Waals surface area contributed by atoms with E-state index in [1.807, 2.05) is 0 Å². The van der Waals surface area contributed by atoms with E-state index in [0.717, 1.165) is 12.1 Å². The molecule has 0 bridgehead atoms. The highest BCUT2D eigenvalue weighted by Gasteiger charge is 2.12. The first kappa shape index (κ1) is 25.5. The number of carbonyl (C=O) groups is 1. The average Bonchev–Trinajstić information content (AvgIpc) is 2.83. The van der Waals surface area contributed by atoms with Crippen molar-refractivity contribution in [2.24, 2.45) is 0 Å². The molecule has 0 fully saturated rings. The van der Waals surface area contributed by atoms with Crippen molar-refractivity contribution in [3.8, 4) is 28.7 Å². The zero-order valence-corrected chi connectivity index (χ0v) is 19.9. The van der Waals surface area contributed by atoms with Crippen LogP contribution in [0.25, 0.3) is 12.2 Å². The van der Waals surface area contributed by atoms with Crippen molar-refractivity contribution < 1.29 is 33.6 Å². The van der Waals surface area contributed by atoms with Crippen LogP contribution < -0.4 is 19.5 Å². The molecule has 35 heavy (non-hydrogen) atoms. The summed E-state index contributed by atoms with van der Waals surface area (Å²) in [6.45, 7) is 0. The third kappa shape index (κ3) is 6.04. The summed E-state index contributed by atoms with van der Waals surface area (Å²) in [6.07, 6.45) is 6.11. The number of carbonyl (C=O) groups excluding carboxylic acids is 1. The zero-order valence-electron chi connectivity index (χ0n) is 19.1. The van der Waals surface area contributed by atoms with E-state index in [-0.39, 0.29) is 17.1 Å². The molecule has 0 aliphatic rings. The predicted octanol–water partition coefficient (Wildman–Crippen LogP) is 5.90. The number of phenolic OH excluding ortho intramolecular Hbond substituents is 2. The van der Waals surface area contributed by atoms with Crippen LogP contribution in [0.15, 0.2) is 54.7 Å². The Labute approximate surface area is 206 Å². The molecule has 0 aromatic heterocycles. The van der Waals surface area contributed by atoms with Gasteiger partial charge in [0.25, 0.3) is 0 Å². The molecule has 3 aromatic carbocycles. The molecule has 3 rings (SSSR count). The number of anilines is 1. The molecule has 3 aromatic rings. The van der Waals surface area contributed by atoms with Crippen molar-refractivity contribution in [2.75, 3.05) is 26.6 Å². The standard InChI is InChI=1S/C26H23ClFNO6/c1-33-24-13-16(12-23(32)26(24)35-3)5-4-15-10-18(27)25(34-2)20(11-15)29-9-8-21(30)17-6-7-22(31)19(28)14-17/h4-14,29,31-32H,1-3H3/b5-4-,9-8-. The van der Waals surface area contributed by atoms with Crippen LogP contribution in [0.5, 0.6) is 28.7 Å². The molecule has 0 saturated heterocycles. The Kier molecular flexibility index (Phi) is 8.22. The summed E-state index contributed by atoms with van der Waals surface area (Å²) in [4.78, 5) is 12.3. The quantitative estimate of drug-likeness (QED) is 0.192. The first-order chi connectivity index (χ1) is 16.8. The summed E-state index contributed by atoms with van der Waals surface area (Å²) in [7, 11) is 4.37. The molecule has 0 unspecified atom stereocenters. The lowest BCUT2D eigenvalue weighted by molar-refractivity contribution is 0.104. The summed E-state index contributed by atoms with van der Waals surface area (Å²) < 4.78 is 29.3. The monoisotopic (exact) mass is 499 g/mol. The van der Waals surface area contributed by atoms with Crippen LogP contribution in [0, 0.1) is 5.82 Å². The molecule has 182 valence electrons. The molecular weight excluding hydrogens is 477 g/mol. The number of hydrogen-bond acceptors (Lipinski definition) is 7. The molecule has 0 heterocycles. The Balaban J connectivity index is 1.83. The molecule has 0 saturated carbocycles. The lowest BCUT2D eigenvalue weighted by atomic mass is 10.1. The number of ketones is 1. The number of methoxy groups -OCH3 is 3. The van der Waals surface area contributed by atoms with Crippen LogP contribution in [0.3, 0.4) is 0 Å². The number of aromatic hydroxyl groups is 2. The van der Waals surface area contributed by atoms with Crippen LogP contribution in [0.2, 0.25) is 5.02 Å². The van der Waals surface area contributed by atoms with Crippen molar-refractivity contribution in [3.05, 3.63) is 82.3 Å². The number of ether oxygens (including phenoxy) is 3. The number of halogens is 2. The second kappa shape index (κ2) is 11.3. The fraction of sp³-hybridized carbons (Fsp3) is 0.115. The maximum atomic E-state index is 13.5. The Morgan fingerprint density at radius 2 is 1.60 bits per heavy atom. The highest BCUT2D eigenvalue weighted by molar-refractivity contribution is 6.32. The normalized spacial score (nSPS) is 11.1. The number of phenols is 2. The SMILES string of the molecule is COc1cc(/C=C\c2cc(Cl)c(OC)c(N/C=C\C(=O)c3ccc(O)c(F)c3)c2)cc(O)c1OC. The van der Waals surface area contributed by atoms with Crippen molar-refractivity contribution in [1.29, 1.82) is 0 Å². The number of nitrogens with one attached hydrogen (secondary N) is 1. The summed E-state index contributed by atoms with van der Waals surface area (Å²) in [5, 5.41) is 22.7. The fourth-order valence-electron chi connectivity index (χ4n) is 3.24. The van der Waals surface area contributed by atoms with Gasteiger partial charge < -0.3 is 29.7 Å². The number of rotatable bonds is 9. The third-order valence-electron chi connectivity index (χ3n) is 4.93. The number of hydrogen-bond donors (Lipinski definition) is 3. The zero-order chi connectivity index (χ0) is 25.5. The van der Waals surface area contributed by atoms with Crippen molar-refractivity contribution in [1.82, 2.24) is 0 Å². The lowest BCUT2D eigenvalue weighted by Crippen LogP contribution is -1.99. The molecule has 9 heteroatoms. The smallest absolute Gasteiger partial charge is 0.203 e. The van der Waals surface area contributed by atoms with Crippen LogP contribution in [0.4, 0.5) is 10.1 Å². The molecule has 0 spiro atoms. The summed E-state index contributed by atoms with van der Waals surface area (Å²) in [6, 6.07) is 10.1. The topological polar surface area (TPSA) is 97.3 Å². The van der Waals surface area contributed by atoms with E-state index in [0.29, 0.717) is 33.3 Å². The van der Waals surface area contributed by atoms with Crippen molar-refractivity contribution >= 4 is 35.2 Å². The van der Waals surface area contributed by atoms with Gasteiger partial charge in [0.1, 0.15) is 0 Å². The van der Waals surface area contributed by atoms with Gasteiger partial charge in [0.05, 0.1) is 32.0 Å². The van der Waals surface area contributed by atoms with E-state index in [4.69, 9.17) is 25.8 Å². The fourth-order valence-corrected chi connectivity index (χ4v) is 3.55. The average molecular weight is 500 g/mol. The third-order valence-corrected chi connectivity index (χ3v) is 5.21. The van der Waals surface area contributed by atoms with Gasteiger partial charge in [-0.2, -0.15) is 0 Å². The Morgan fingerprint density at radius 3 is 2.23 bits per heavy atom. The molecule has 0 amide bonds. The van der Waals surface area contributed by atoms with Crippen molar-refractivity contribution in [3.63, 3.8) is 0 Å². The van der Waals surface area contributed by atoms with E-state index in [1.54, 1.807) is 30.4 Å². The molecule has 0 atom stereocenters. The molecule has 0 aliphatic carbocycles. The molecule has 0 aliphatic heterocycles. The molecule has 7 nitrogen and oxygen atoms in total. The maximum absolute atomic E-state index is 13.5. The Hall–Kier alpha value is -4.17. The van der Waals surface area contributed by atoms with Crippen LogP contribution in [-0.2, 0) is 0 Å². The van der Waals surface area contributed by atoms with Gasteiger partial charge in [-0.3, -0.25) is 4.79 Å². The largest absolute Gasteiger partial charge is 0.505 e. The highest BCUT2D eigenvalue weighted by atomic mass is 35.5. The maximum Gasteiger partial charge on any atom is 0.203 e. The van der Waals surface area contributed by atoms with E-state index >= 15 is 0 Å². The van der Waals surface area contributed by atoms with Crippen LogP contribution in [-0.4, -0.2) is 37.3 Å². The van der Waals surface area contributed by atoms with Gasteiger partial charge in [0.2, 0.25) is 5.75 Å². The minimum Gasteiger partial charge on any atom is -0.505 e. The van der Waals surface area contributed by atoms with Crippen molar-refractivity contribution in [2.45, 2.75) is 0 Å².